The first-order chi connectivity index (χ1) is 11.6. The molecule has 1 aromatic heterocycles. The summed E-state index contributed by atoms with van der Waals surface area (Å²) >= 11 is 0. The molecule has 2 bridgehead atoms. The van der Waals surface area contributed by atoms with Crippen molar-refractivity contribution < 1.29 is 9.90 Å². The first kappa shape index (κ1) is 17.1. The van der Waals surface area contributed by atoms with Crippen LogP contribution < -0.4 is 0 Å². The van der Waals surface area contributed by atoms with Gasteiger partial charge in [0.15, 0.2) is 0 Å². The molecule has 7 heteroatoms. The van der Waals surface area contributed by atoms with Gasteiger partial charge in [0.05, 0.1) is 18.2 Å². The highest BCUT2D eigenvalue weighted by Crippen LogP contribution is 2.37. The fourth-order valence-electron chi connectivity index (χ4n) is 4.05. The maximum absolute atomic E-state index is 12.6. The van der Waals surface area contributed by atoms with Gasteiger partial charge in [-0.25, -0.2) is 0 Å². The highest BCUT2D eigenvalue weighted by Gasteiger charge is 2.43. The number of fused-ring (bicyclic) bond motifs is 3. The number of aliphatic hydroxyl groups is 1. The van der Waals surface area contributed by atoms with Gasteiger partial charge in [-0.05, 0) is 25.3 Å². The summed E-state index contributed by atoms with van der Waals surface area (Å²) in [6, 6.07) is 0.418. The largest absolute Gasteiger partial charge is 0.396 e. The quantitative estimate of drug-likeness (QED) is 0.720. The number of hydrogen-bond acceptors (Lipinski definition) is 5. The summed E-state index contributed by atoms with van der Waals surface area (Å²) in [7, 11) is 1.86. The summed E-state index contributed by atoms with van der Waals surface area (Å²) in [6.07, 6.45) is 6.37. The maximum Gasteiger partial charge on any atom is 0.227 e. The van der Waals surface area contributed by atoms with E-state index < -0.39 is 0 Å². The standard InChI is InChI=1S/C17H27N5O2/c1-3-6-20(2)17(24)16-12-21-7-4-13(16)9-15(21)11-22-10-14(5-8-23)18-19-22/h3,10,13,15-16,23H,1,4-9,11-12H2,2H3. The Morgan fingerprint density at radius 3 is 3.08 bits per heavy atom. The van der Waals surface area contributed by atoms with Crippen LogP contribution in [0.1, 0.15) is 18.5 Å². The van der Waals surface area contributed by atoms with Crippen molar-refractivity contribution in [3.05, 3.63) is 24.5 Å². The average molecular weight is 333 g/mol. The van der Waals surface area contributed by atoms with Crippen molar-refractivity contribution in [1.82, 2.24) is 24.8 Å². The molecule has 3 saturated heterocycles. The second-order valence-electron chi connectivity index (χ2n) is 6.95. The highest BCUT2D eigenvalue weighted by molar-refractivity contribution is 5.79. The number of piperidine rings is 3. The Labute approximate surface area is 142 Å². The fraction of sp³-hybridized carbons (Fsp3) is 0.706. The third kappa shape index (κ3) is 3.52. The van der Waals surface area contributed by atoms with Gasteiger partial charge in [0.25, 0.3) is 0 Å². The fourth-order valence-corrected chi connectivity index (χ4v) is 4.05. The molecule has 3 fully saturated rings. The first-order valence-corrected chi connectivity index (χ1v) is 8.72. The van der Waals surface area contributed by atoms with Crippen molar-refractivity contribution in [2.24, 2.45) is 11.8 Å². The molecule has 0 radical (unpaired) electrons. The first-order valence-electron chi connectivity index (χ1n) is 8.72. The molecule has 3 aliphatic rings. The summed E-state index contributed by atoms with van der Waals surface area (Å²) < 4.78 is 1.87. The van der Waals surface area contributed by atoms with Gasteiger partial charge >= 0.3 is 0 Å². The van der Waals surface area contributed by atoms with Crippen LogP contribution in [0.4, 0.5) is 0 Å². The van der Waals surface area contributed by atoms with E-state index in [0.717, 1.165) is 38.2 Å². The van der Waals surface area contributed by atoms with Crippen LogP contribution in [0.5, 0.6) is 0 Å². The number of carbonyl (C=O) groups is 1. The van der Waals surface area contributed by atoms with Crippen LogP contribution in [0.2, 0.25) is 0 Å². The molecular formula is C17H27N5O2. The van der Waals surface area contributed by atoms with Crippen LogP contribution in [-0.2, 0) is 17.8 Å². The molecule has 7 nitrogen and oxygen atoms in total. The minimum Gasteiger partial charge on any atom is -0.396 e. The molecular weight excluding hydrogens is 306 g/mol. The molecule has 4 rings (SSSR count). The van der Waals surface area contributed by atoms with E-state index in [1.165, 1.54) is 0 Å². The molecule has 4 heterocycles. The Morgan fingerprint density at radius 2 is 2.42 bits per heavy atom. The number of aromatic nitrogens is 3. The SMILES string of the molecule is C=CCN(C)C(=O)C1CN2CCC1CC2Cn1cc(CCO)nn1. The third-order valence-electron chi connectivity index (χ3n) is 5.33. The van der Waals surface area contributed by atoms with Crippen molar-refractivity contribution >= 4 is 5.91 Å². The van der Waals surface area contributed by atoms with Crippen molar-refractivity contribution in [2.45, 2.75) is 31.8 Å². The van der Waals surface area contributed by atoms with Crippen LogP contribution in [-0.4, -0.2) is 75.1 Å². The second-order valence-corrected chi connectivity index (χ2v) is 6.95. The number of carbonyl (C=O) groups excluding carboxylic acids is 1. The van der Waals surface area contributed by atoms with Crippen LogP contribution in [0, 0.1) is 11.8 Å². The number of hydrogen-bond donors (Lipinski definition) is 1. The lowest BCUT2D eigenvalue weighted by molar-refractivity contribution is -0.142. The molecule has 0 spiro atoms. The molecule has 3 aliphatic heterocycles. The topological polar surface area (TPSA) is 74.5 Å². The van der Waals surface area contributed by atoms with Gasteiger partial charge in [-0.1, -0.05) is 11.3 Å². The lowest BCUT2D eigenvalue weighted by atomic mass is 9.75. The minimum atomic E-state index is 0.0956. The molecule has 0 aromatic carbocycles. The number of aliphatic hydroxyl groups excluding tert-OH is 1. The van der Waals surface area contributed by atoms with Crippen molar-refractivity contribution in [3.8, 4) is 0 Å². The van der Waals surface area contributed by atoms with Gasteiger partial charge in [0.2, 0.25) is 5.91 Å². The van der Waals surface area contributed by atoms with Gasteiger partial charge in [-0.2, -0.15) is 0 Å². The molecule has 0 aliphatic carbocycles. The van der Waals surface area contributed by atoms with E-state index in [0.29, 0.717) is 24.9 Å². The van der Waals surface area contributed by atoms with Crippen molar-refractivity contribution in [3.63, 3.8) is 0 Å². The van der Waals surface area contributed by atoms with Crippen LogP contribution in [0.25, 0.3) is 0 Å². The van der Waals surface area contributed by atoms with Crippen molar-refractivity contribution in [1.29, 1.82) is 0 Å². The summed E-state index contributed by atoms with van der Waals surface area (Å²) in [5.74, 6) is 0.815. The predicted molar refractivity (Wildman–Crippen MR) is 90.2 cm³/mol. The van der Waals surface area contributed by atoms with E-state index in [1.54, 1.807) is 11.0 Å². The lowest BCUT2D eigenvalue weighted by Crippen LogP contribution is -2.58. The van der Waals surface area contributed by atoms with E-state index >= 15 is 0 Å². The zero-order chi connectivity index (χ0) is 17.1. The molecule has 1 aromatic rings. The molecule has 4 atom stereocenters. The number of rotatable bonds is 7. The van der Waals surface area contributed by atoms with Gasteiger partial charge < -0.3 is 10.0 Å². The Hall–Kier alpha value is -1.73. The molecule has 1 N–H and O–H groups in total. The minimum absolute atomic E-state index is 0.0956. The van der Waals surface area contributed by atoms with E-state index in [-0.39, 0.29) is 18.4 Å². The van der Waals surface area contributed by atoms with E-state index in [9.17, 15) is 4.79 Å². The molecule has 1 amide bonds. The zero-order valence-corrected chi connectivity index (χ0v) is 14.3. The van der Waals surface area contributed by atoms with Gasteiger partial charge in [-0.3, -0.25) is 14.4 Å². The van der Waals surface area contributed by atoms with E-state index in [1.807, 2.05) is 17.9 Å². The number of amides is 1. The summed E-state index contributed by atoms with van der Waals surface area (Å²) in [6.45, 7) is 7.12. The normalized spacial score (nSPS) is 28.8. The highest BCUT2D eigenvalue weighted by atomic mass is 16.3. The lowest BCUT2D eigenvalue weighted by Gasteiger charge is -2.49. The molecule has 24 heavy (non-hydrogen) atoms. The van der Waals surface area contributed by atoms with Crippen LogP contribution in [0.15, 0.2) is 18.9 Å². The summed E-state index contributed by atoms with van der Waals surface area (Å²) in [5.41, 5.74) is 0.826. The van der Waals surface area contributed by atoms with Gasteiger partial charge in [0, 0.05) is 45.4 Å². The Kier molecular flexibility index (Phi) is 5.30. The zero-order valence-electron chi connectivity index (χ0n) is 14.3. The molecule has 4 unspecified atom stereocenters. The van der Waals surface area contributed by atoms with Crippen LogP contribution >= 0.6 is 0 Å². The molecule has 132 valence electrons. The van der Waals surface area contributed by atoms with Gasteiger partial charge in [-0.15, -0.1) is 11.7 Å². The predicted octanol–water partition coefficient (Wildman–Crippen LogP) is 0.168. The number of likely N-dealkylation sites (N-methyl/N-ethyl adjacent to an activating group) is 1. The van der Waals surface area contributed by atoms with Crippen molar-refractivity contribution in [2.75, 3.05) is 33.3 Å². The van der Waals surface area contributed by atoms with E-state index in [2.05, 4.69) is 21.8 Å². The Balaban J connectivity index is 1.60. The summed E-state index contributed by atoms with van der Waals surface area (Å²) in [4.78, 5) is 16.8. The average Bonchev–Trinajstić information content (AvgIpc) is 3.02. The summed E-state index contributed by atoms with van der Waals surface area (Å²) in [5, 5.41) is 17.2. The smallest absolute Gasteiger partial charge is 0.227 e. The van der Waals surface area contributed by atoms with Gasteiger partial charge in [0.1, 0.15) is 0 Å². The van der Waals surface area contributed by atoms with E-state index in [4.69, 9.17) is 5.11 Å². The monoisotopic (exact) mass is 333 g/mol. The molecule has 0 saturated carbocycles. The number of nitrogens with zero attached hydrogens (tertiary/aromatic N) is 5. The third-order valence-corrected chi connectivity index (χ3v) is 5.33. The Morgan fingerprint density at radius 1 is 1.58 bits per heavy atom. The second kappa shape index (κ2) is 7.44. The van der Waals surface area contributed by atoms with Crippen LogP contribution in [0.3, 0.4) is 0 Å². The Bertz CT molecular complexity index is 587. The maximum atomic E-state index is 12.6.